The monoisotopic (exact) mass is 432 g/mol. The highest BCUT2D eigenvalue weighted by atomic mass is 32.1. The molecule has 2 aliphatic rings. The predicted octanol–water partition coefficient (Wildman–Crippen LogP) is 4.49. The summed E-state index contributed by atoms with van der Waals surface area (Å²) in [7, 11) is 0. The van der Waals surface area contributed by atoms with Gasteiger partial charge in [0.2, 0.25) is 6.79 Å². The van der Waals surface area contributed by atoms with Gasteiger partial charge < -0.3 is 14.8 Å². The first-order valence-electron chi connectivity index (χ1n) is 9.89. The molecule has 3 heterocycles. The van der Waals surface area contributed by atoms with Crippen molar-refractivity contribution in [2.45, 2.75) is 20.4 Å². The second-order valence-corrected chi connectivity index (χ2v) is 8.43. The molecule has 7 heteroatoms. The molecule has 0 unspecified atom stereocenters. The summed E-state index contributed by atoms with van der Waals surface area (Å²) >= 11 is 1.44. The molecule has 2 amide bonds. The third-order valence-electron chi connectivity index (χ3n) is 5.58. The minimum absolute atomic E-state index is 0.154. The van der Waals surface area contributed by atoms with Crippen molar-refractivity contribution in [2.75, 3.05) is 12.1 Å². The first kappa shape index (κ1) is 19.4. The summed E-state index contributed by atoms with van der Waals surface area (Å²) in [4.78, 5) is 28.8. The van der Waals surface area contributed by atoms with E-state index in [4.69, 9.17) is 9.47 Å². The number of carbonyl (C=O) groups excluding carboxylic acids is 2. The van der Waals surface area contributed by atoms with Crippen LogP contribution in [0.25, 0.3) is 5.57 Å². The molecule has 3 aromatic rings. The largest absolute Gasteiger partial charge is 0.454 e. The lowest BCUT2D eigenvalue weighted by Gasteiger charge is -2.16. The van der Waals surface area contributed by atoms with E-state index < -0.39 is 0 Å². The fourth-order valence-electron chi connectivity index (χ4n) is 3.73. The van der Waals surface area contributed by atoms with E-state index in [2.05, 4.69) is 5.32 Å². The van der Waals surface area contributed by atoms with Gasteiger partial charge in [0.1, 0.15) is 5.70 Å². The predicted molar refractivity (Wildman–Crippen MR) is 119 cm³/mol. The highest BCUT2D eigenvalue weighted by Gasteiger charge is 2.40. The van der Waals surface area contributed by atoms with E-state index >= 15 is 0 Å². The zero-order valence-electron chi connectivity index (χ0n) is 17.1. The molecule has 2 aliphatic heterocycles. The van der Waals surface area contributed by atoms with Crippen LogP contribution in [-0.4, -0.2) is 23.5 Å². The number of carbonyl (C=O) groups is 2. The molecule has 0 spiro atoms. The van der Waals surface area contributed by atoms with Crippen LogP contribution in [0.3, 0.4) is 0 Å². The zero-order chi connectivity index (χ0) is 21.5. The lowest BCUT2D eigenvalue weighted by molar-refractivity contribution is -0.137. The smallest absolute Gasteiger partial charge is 0.278 e. The number of anilines is 1. The molecule has 0 saturated heterocycles. The Bertz CT molecular complexity index is 1230. The van der Waals surface area contributed by atoms with Crippen molar-refractivity contribution < 1.29 is 19.1 Å². The molecular weight excluding hydrogens is 412 g/mol. The van der Waals surface area contributed by atoms with Crippen LogP contribution in [0, 0.1) is 13.8 Å². The van der Waals surface area contributed by atoms with E-state index in [1.807, 2.05) is 61.7 Å². The van der Waals surface area contributed by atoms with E-state index in [9.17, 15) is 9.59 Å². The lowest BCUT2D eigenvalue weighted by Crippen LogP contribution is -2.32. The van der Waals surface area contributed by atoms with Gasteiger partial charge in [0.25, 0.3) is 11.8 Å². The number of rotatable bonds is 5. The second kappa shape index (κ2) is 7.59. The fraction of sp³-hybridized carbons (Fsp3) is 0.167. The van der Waals surface area contributed by atoms with Crippen molar-refractivity contribution in [2.24, 2.45) is 0 Å². The average Bonchev–Trinajstić information content (AvgIpc) is 3.49. The molecule has 0 saturated carbocycles. The third kappa shape index (κ3) is 3.37. The SMILES string of the molecule is Cc1cccc(NC2=C(c3cccs3)C(=O)N(Cc3ccc4c(c3)OCO4)C2=O)c1C. The Morgan fingerprint density at radius 2 is 1.84 bits per heavy atom. The van der Waals surface area contributed by atoms with E-state index in [1.165, 1.54) is 16.2 Å². The van der Waals surface area contributed by atoms with Crippen molar-refractivity contribution in [3.05, 3.63) is 81.2 Å². The van der Waals surface area contributed by atoms with Gasteiger partial charge in [-0.25, -0.2) is 0 Å². The van der Waals surface area contributed by atoms with E-state index in [-0.39, 0.29) is 25.2 Å². The number of nitrogens with zero attached hydrogens (tertiary/aromatic N) is 1. The van der Waals surface area contributed by atoms with Gasteiger partial charge in [0.05, 0.1) is 12.1 Å². The molecule has 6 nitrogen and oxygen atoms in total. The van der Waals surface area contributed by atoms with Crippen LogP contribution in [-0.2, 0) is 16.1 Å². The first-order chi connectivity index (χ1) is 15.0. The molecule has 1 aromatic heterocycles. The maximum atomic E-state index is 13.4. The number of ether oxygens (including phenoxy) is 2. The van der Waals surface area contributed by atoms with Crippen LogP contribution >= 0.6 is 11.3 Å². The highest BCUT2D eigenvalue weighted by Crippen LogP contribution is 2.36. The molecule has 0 radical (unpaired) electrons. The van der Waals surface area contributed by atoms with Crippen molar-refractivity contribution >= 4 is 34.4 Å². The van der Waals surface area contributed by atoms with Crippen LogP contribution in [0.1, 0.15) is 21.6 Å². The summed E-state index contributed by atoms with van der Waals surface area (Å²) in [6, 6.07) is 15.1. The molecule has 1 N–H and O–H groups in total. The van der Waals surface area contributed by atoms with E-state index in [0.717, 1.165) is 27.3 Å². The molecule has 156 valence electrons. The molecule has 5 rings (SSSR count). The Hall–Kier alpha value is -3.58. The number of thiophene rings is 1. The van der Waals surface area contributed by atoms with Gasteiger partial charge >= 0.3 is 0 Å². The summed E-state index contributed by atoms with van der Waals surface area (Å²) in [6.07, 6.45) is 0. The molecule has 0 aliphatic carbocycles. The van der Waals surface area contributed by atoms with Gasteiger partial charge in [-0.1, -0.05) is 24.3 Å². The number of hydrogen-bond acceptors (Lipinski definition) is 6. The van der Waals surface area contributed by atoms with Crippen molar-refractivity contribution in [3.63, 3.8) is 0 Å². The van der Waals surface area contributed by atoms with Crippen LogP contribution in [0.2, 0.25) is 0 Å². The molecule has 31 heavy (non-hydrogen) atoms. The van der Waals surface area contributed by atoms with Crippen LogP contribution in [0.5, 0.6) is 11.5 Å². The number of hydrogen-bond donors (Lipinski definition) is 1. The van der Waals surface area contributed by atoms with Crippen molar-refractivity contribution in [1.29, 1.82) is 0 Å². The maximum absolute atomic E-state index is 13.4. The van der Waals surface area contributed by atoms with Crippen LogP contribution in [0.4, 0.5) is 5.69 Å². The maximum Gasteiger partial charge on any atom is 0.278 e. The Morgan fingerprint density at radius 1 is 1.00 bits per heavy atom. The van der Waals surface area contributed by atoms with E-state index in [1.54, 1.807) is 6.07 Å². The van der Waals surface area contributed by atoms with Crippen LogP contribution < -0.4 is 14.8 Å². The number of benzene rings is 2. The summed E-state index contributed by atoms with van der Waals surface area (Å²) in [6.45, 7) is 4.34. The molecule has 0 fully saturated rings. The molecule has 0 bridgehead atoms. The van der Waals surface area contributed by atoms with Gasteiger partial charge in [-0.15, -0.1) is 11.3 Å². The Balaban J connectivity index is 1.50. The standard InChI is InChI=1S/C24H20N2O4S/c1-14-5-3-6-17(15(14)2)25-22-21(20-7-4-10-31-20)23(27)26(24(22)28)12-16-8-9-18-19(11-16)30-13-29-18/h3-11,25H,12-13H2,1-2H3. The van der Waals surface area contributed by atoms with Gasteiger partial charge in [-0.3, -0.25) is 14.5 Å². The highest BCUT2D eigenvalue weighted by molar-refractivity contribution is 7.11. The minimum atomic E-state index is -0.341. The van der Waals surface area contributed by atoms with Gasteiger partial charge in [-0.2, -0.15) is 0 Å². The molecular formula is C24H20N2O4S. The normalized spacial score (nSPS) is 15.2. The lowest BCUT2D eigenvalue weighted by atomic mass is 10.1. The Morgan fingerprint density at radius 3 is 2.65 bits per heavy atom. The Labute approximate surface area is 183 Å². The molecule has 2 aromatic carbocycles. The number of aryl methyl sites for hydroxylation is 1. The fourth-order valence-corrected chi connectivity index (χ4v) is 4.50. The zero-order valence-corrected chi connectivity index (χ0v) is 17.9. The number of imide groups is 1. The summed E-state index contributed by atoms with van der Waals surface area (Å²) < 4.78 is 10.8. The molecule has 0 atom stereocenters. The Kier molecular flexibility index (Phi) is 4.75. The quantitative estimate of drug-likeness (QED) is 0.602. The number of amides is 2. The summed E-state index contributed by atoms with van der Waals surface area (Å²) in [5.41, 5.74) is 4.47. The third-order valence-corrected chi connectivity index (χ3v) is 6.46. The summed E-state index contributed by atoms with van der Waals surface area (Å²) in [5, 5.41) is 5.15. The first-order valence-corrected chi connectivity index (χ1v) is 10.8. The average molecular weight is 433 g/mol. The number of nitrogens with one attached hydrogen (secondary N) is 1. The number of fused-ring (bicyclic) bond motifs is 1. The second-order valence-electron chi connectivity index (χ2n) is 7.48. The minimum Gasteiger partial charge on any atom is -0.454 e. The van der Waals surface area contributed by atoms with Crippen molar-refractivity contribution in [3.8, 4) is 11.5 Å². The van der Waals surface area contributed by atoms with Gasteiger partial charge in [0, 0.05) is 10.6 Å². The van der Waals surface area contributed by atoms with E-state index in [0.29, 0.717) is 22.8 Å². The van der Waals surface area contributed by atoms with Crippen molar-refractivity contribution in [1.82, 2.24) is 4.90 Å². The van der Waals surface area contributed by atoms with Gasteiger partial charge in [0.15, 0.2) is 11.5 Å². The van der Waals surface area contributed by atoms with Gasteiger partial charge in [-0.05, 0) is 60.2 Å². The summed E-state index contributed by atoms with van der Waals surface area (Å²) in [5.74, 6) is 0.638. The van der Waals surface area contributed by atoms with Crippen LogP contribution in [0.15, 0.2) is 59.6 Å². The topological polar surface area (TPSA) is 67.9 Å².